The fraction of sp³-hybridized carbons (Fsp3) is 0.182. The summed E-state index contributed by atoms with van der Waals surface area (Å²) in [5, 5.41) is 10.7. The minimum atomic E-state index is -4.79. The lowest BCUT2D eigenvalue weighted by Crippen LogP contribution is -2.44. The molecule has 0 spiro atoms. The lowest BCUT2D eigenvalue weighted by atomic mass is 10.0. The maximum Gasteiger partial charge on any atom is 0.429 e. The molecule has 0 radical (unpaired) electrons. The van der Waals surface area contributed by atoms with Gasteiger partial charge in [0, 0.05) is 11.1 Å². The number of aliphatic carboxylic acids is 1. The molecule has 2 rings (SSSR count). The van der Waals surface area contributed by atoms with E-state index in [1.54, 1.807) is 6.07 Å². The summed E-state index contributed by atoms with van der Waals surface area (Å²) in [6.07, 6.45) is -6.35. The van der Waals surface area contributed by atoms with Crippen molar-refractivity contribution in [3.63, 3.8) is 0 Å². The highest BCUT2D eigenvalue weighted by atomic mass is 19.4. The second kappa shape index (κ2) is 3.80. The molecule has 1 aliphatic heterocycles. The maximum absolute atomic E-state index is 12.6. The Hall–Kier alpha value is -1.98. The minimum absolute atomic E-state index is 0.000162. The zero-order valence-corrected chi connectivity index (χ0v) is 8.32. The normalized spacial score (nSPS) is 19.0. The van der Waals surface area contributed by atoms with Crippen LogP contribution < -0.4 is 9.84 Å². The molecule has 1 heterocycles. The predicted octanol–water partition coefficient (Wildman–Crippen LogP) is 1.14. The number of para-hydroxylation sites is 1. The molecule has 0 amide bonds. The zero-order valence-electron chi connectivity index (χ0n) is 8.32. The van der Waals surface area contributed by atoms with Gasteiger partial charge in [-0.2, -0.15) is 13.2 Å². The second-order valence-corrected chi connectivity index (χ2v) is 3.46. The molecule has 90 valence electrons. The molecule has 17 heavy (non-hydrogen) atoms. The highest BCUT2D eigenvalue weighted by Crippen LogP contribution is 2.36. The second-order valence-electron chi connectivity index (χ2n) is 3.46. The van der Waals surface area contributed by atoms with E-state index in [2.05, 4.69) is 4.74 Å². The number of halogens is 3. The third kappa shape index (κ3) is 2.11. The van der Waals surface area contributed by atoms with Crippen LogP contribution >= 0.6 is 0 Å². The van der Waals surface area contributed by atoms with Crippen molar-refractivity contribution in [2.24, 2.45) is 0 Å². The van der Waals surface area contributed by atoms with Gasteiger partial charge >= 0.3 is 6.18 Å². The smallest absolute Gasteiger partial charge is 0.429 e. The number of carboxylic acids is 1. The molecular formula is C11H6F3O3-. The average molecular weight is 243 g/mol. The molecule has 1 atom stereocenters. The zero-order chi connectivity index (χ0) is 12.6. The van der Waals surface area contributed by atoms with Crippen molar-refractivity contribution in [3.05, 3.63) is 35.4 Å². The van der Waals surface area contributed by atoms with Gasteiger partial charge in [-0.25, -0.2) is 0 Å². The number of fused-ring (bicyclic) bond motifs is 1. The highest BCUT2D eigenvalue weighted by Gasteiger charge is 2.46. The number of benzene rings is 1. The molecule has 1 unspecified atom stereocenters. The Kier molecular flexibility index (Phi) is 2.57. The van der Waals surface area contributed by atoms with Crippen LogP contribution in [0.25, 0.3) is 6.08 Å². The first-order valence-electron chi connectivity index (χ1n) is 4.65. The van der Waals surface area contributed by atoms with Gasteiger partial charge in [0.15, 0.2) is 0 Å². The molecular weight excluding hydrogens is 237 g/mol. The number of rotatable bonds is 1. The van der Waals surface area contributed by atoms with Crippen molar-refractivity contribution in [1.29, 1.82) is 0 Å². The van der Waals surface area contributed by atoms with Gasteiger partial charge in [0.05, 0.1) is 5.97 Å². The lowest BCUT2D eigenvalue weighted by molar-refractivity contribution is -0.302. The molecule has 0 bridgehead atoms. The first kappa shape index (κ1) is 11.5. The van der Waals surface area contributed by atoms with E-state index >= 15 is 0 Å². The van der Waals surface area contributed by atoms with Gasteiger partial charge in [-0.05, 0) is 12.1 Å². The van der Waals surface area contributed by atoms with Crippen LogP contribution in [0.2, 0.25) is 0 Å². The van der Waals surface area contributed by atoms with Crippen molar-refractivity contribution in [2.75, 3.05) is 0 Å². The average Bonchev–Trinajstić information content (AvgIpc) is 2.26. The summed E-state index contributed by atoms with van der Waals surface area (Å²) in [5.74, 6) is -1.89. The van der Waals surface area contributed by atoms with E-state index in [0.29, 0.717) is 0 Å². The monoisotopic (exact) mass is 243 g/mol. The number of hydrogen-bond acceptors (Lipinski definition) is 3. The molecule has 1 aliphatic rings. The van der Waals surface area contributed by atoms with Crippen LogP contribution in [0, 0.1) is 0 Å². The van der Waals surface area contributed by atoms with Crippen LogP contribution in [0.15, 0.2) is 29.8 Å². The lowest BCUT2D eigenvalue weighted by Gasteiger charge is -2.29. The first-order chi connectivity index (χ1) is 7.89. The van der Waals surface area contributed by atoms with Crippen molar-refractivity contribution in [3.8, 4) is 5.75 Å². The number of ether oxygens (including phenoxy) is 1. The Morgan fingerprint density at radius 3 is 2.53 bits per heavy atom. The minimum Gasteiger partial charge on any atom is -0.545 e. The molecule has 0 fully saturated rings. The number of carbonyl (C=O) groups excluding carboxylic acids is 1. The van der Waals surface area contributed by atoms with Crippen molar-refractivity contribution < 1.29 is 27.8 Å². The summed E-state index contributed by atoms with van der Waals surface area (Å²) in [6, 6.07) is 5.88. The summed E-state index contributed by atoms with van der Waals surface area (Å²) in [6.45, 7) is 0. The van der Waals surface area contributed by atoms with Crippen molar-refractivity contribution in [2.45, 2.75) is 12.3 Å². The molecule has 1 aromatic rings. The van der Waals surface area contributed by atoms with Gasteiger partial charge in [0.1, 0.15) is 5.75 Å². The molecule has 3 nitrogen and oxygen atoms in total. The maximum atomic E-state index is 12.6. The standard InChI is InChI=1S/C11H7F3O3/c12-11(13,14)9-7(10(15)16)5-6-3-1-2-4-8(6)17-9/h1-5,9H,(H,15,16)/p-1. The Balaban J connectivity index is 2.51. The SMILES string of the molecule is O=C([O-])C1=Cc2ccccc2OC1C(F)(F)F. The molecule has 0 saturated carbocycles. The van der Waals surface area contributed by atoms with Crippen LogP contribution in [0.1, 0.15) is 5.56 Å². The van der Waals surface area contributed by atoms with Gasteiger partial charge in [0.2, 0.25) is 6.10 Å². The van der Waals surface area contributed by atoms with Crippen LogP contribution in [-0.2, 0) is 4.79 Å². The van der Waals surface area contributed by atoms with Crippen LogP contribution in [-0.4, -0.2) is 18.2 Å². The first-order valence-corrected chi connectivity index (χ1v) is 4.65. The van der Waals surface area contributed by atoms with Gasteiger partial charge in [-0.15, -0.1) is 0 Å². The van der Waals surface area contributed by atoms with Crippen molar-refractivity contribution in [1.82, 2.24) is 0 Å². The Labute approximate surface area is 94.1 Å². The van der Waals surface area contributed by atoms with E-state index < -0.39 is 23.8 Å². The summed E-state index contributed by atoms with van der Waals surface area (Å²) in [5.41, 5.74) is -0.636. The van der Waals surface area contributed by atoms with Crippen LogP contribution in [0.5, 0.6) is 5.75 Å². The third-order valence-corrected chi connectivity index (χ3v) is 2.29. The molecule has 6 heteroatoms. The molecule has 0 saturated heterocycles. The Morgan fingerprint density at radius 2 is 1.94 bits per heavy atom. The number of alkyl halides is 3. The van der Waals surface area contributed by atoms with E-state index in [1.165, 1.54) is 18.2 Å². The van der Waals surface area contributed by atoms with E-state index in [-0.39, 0.29) is 11.3 Å². The summed E-state index contributed by atoms with van der Waals surface area (Å²) >= 11 is 0. The summed E-state index contributed by atoms with van der Waals surface area (Å²) < 4.78 is 42.4. The fourth-order valence-electron chi connectivity index (χ4n) is 1.55. The predicted molar refractivity (Wildman–Crippen MR) is 49.9 cm³/mol. The number of carboxylic acid groups (broad SMARTS) is 1. The van der Waals surface area contributed by atoms with E-state index in [4.69, 9.17) is 0 Å². The van der Waals surface area contributed by atoms with Gasteiger partial charge in [-0.3, -0.25) is 0 Å². The molecule has 0 N–H and O–H groups in total. The fourth-order valence-corrected chi connectivity index (χ4v) is 1.55. The van der Waals surface area contributed by atoms with E-state index in [1.807, 2.05) is 0 Å². The highest BCUT2D eigenvalue weighted by molar-refractivity contribution is 5.93. The Bertz CT molecular complexity index is 491. The number of hydrogen-bond donors (Lipinski definition) is 0. The summed E-state index contributed by atoms with van der Waals surface area (Å²) in [4.78, 5) is 10.7. The molecule has 0 aromatic heterocycles. The van der Waals surface area contributed by atoms with Crippen LogP contribution in [0.4, 0.5) is 13.2 Å². The molecule has 0 aliphatic carbocycles. The third-order valence-electron chi connectivity index (χ3n) is 2.29. The molecule has 1 aromatic carbocycles. The van der Waals surface area contributed by atoms with E-state index in [9.17, 15) is 23.1 Å². The Morgan fingerprint density at radius 1 is 1.29 bits per heavy atom. The van der Waals surface area contributed by atoms with Crippen molar-refractivity contribution >= 4 is 12.0 Å². The van der Waals surface area contributed by atoms with Gasteiger partial charge in [0.25, 0.3) is 0 Å². The van der Waals surface area contributed by atoms with Crippen LogP contribution in [0.3, 0.4) is 0 Å². The summed E-state index contributed by atoms with van der Waals surface area (Å²) in [7, 11) is 0. The largest absolute Gasteiger partial charge is 0.545 e. The topological polar surface area (TPSA) is 49.4 Å². The quantitative estimate of drug-likeness (QED) is 0.743. The van der Waals surface area contributed by atoms with Gasteiger partial charge < -0.3 is 14.6 Å². The number of carbonyl (C=O) groups is 1. The van der Waals surface area contributed by atoms with E-state index in [0.717, 1.165) is 6.08 Å². The van der Waals surface area contributed by atoms with Gasteiger partial charge in [-0.1, -0.05) is 18.2 Å².